The maximum absolute atomic E-state index is 12.7. The average molecular weight is 291 g/mol. The largest absolute Gasteiger partial charge is 0.330 e. The first kappa shape index (κ1) is 13.2. The molecule has 1 aliphatic rings. The van der Waals surface area contributed by atoms with Gasteiger partial charge in [-0.1, -0.05) is 41.4 Å². The first-order valence-corrected chi connectivity index (χ1v) is 6.92. The topological polar surface area (TPSA) is 54.9 Å². The molecule has 1 aliphatic carbocycles. The summed E-state index contributed by atoms with van der Waals surface area (Å²) in [6, 6.07) is 7.53. The minimum Gasteiger partial charge on any atom is -0.297 e. The number of hydrogen-bond donors (Lipinski definition) is 1. The SMILES string of the molecule is Cc1cccc(-c2c(Cl)[nH]c(=O)n(C3(C)CC3)c2=O)c1. The monoisotopic (exact) mass is 290 g/mol. The van der Waals surface area contributed by atoms with Crippen molar-refractivity contribution in [1.82, 2.24) is 9.55 Å². The van der Waals surface area contributed by atoms with E-state index in [0.29, 0.717) is 5.56 Å². The van der Waals surface area contributed by atoms with Crippen LogP contribution in [0.15, 0.2) is 33.9 Å². The fourth-order valence-corrected chi connectivity index (χ4v) is 2.73. The number of aryl methyl sites for hydroxylation is 1. The number of benzene rings is 1. The van der Waals surface area contributed by atoms with Crippen molar-refractivity contribution in [3.05, 3.63) is 55.8 Å². The Hall–Kier alpha value is -1.81. The second-order valence-electron chi connectivity index (χ2n) is 5.63. The highest BCUT2D eigenvalue weighted by molar-refractivity contribution is 6.32. The Balaban J connectivity index is 2.32. The fraction of sp³-hybridized carbons (Fsp3) is 0.333. The molecule has 2 aromatic rings. The molecule has 0 amide bonds. The van der Waals surface area contributed by atoms with E-state index in [-0.39, 0.29) is 16.3 Å². The number of hydrogen-bond acceptors (Lipinski definition) is 2. The molecule has 0 bridgehead atoms. The molecule has 1 N–H and O–H groups in total. The average Bonchev–Trinajstić information content (AvgIpc) is 3.07. The number of aromatic amines is 1. The smallest absolute Gasteiger partial charge is 0.297 e. The normalized spacial score (nSPS) is 16.1. The Morgan fingerprint density at radius 1 is 1.30 bits per heavy atom. The number of nitrogens with zero attached hydrogens (tertiary/aromatic N) is 1. The predicted octanol–water partition coefficient (Wildman–Crippen LogP) is 2.67. The number of nitrogens with one attached hydrogen (secondary N) is 1. The van der Waals surface area contributed by atoms with Gasteiger partial charge >= 0.3 is 5.69 Å². The predicted molar refractivity (Wildman–Crippen MR) is 79.4 cm³/mol. The van der Waals surface area contributed by atoms with Gasteiger partial charge in [0.15, 0.2) is 0 Å². The lowest BCUT2D eigenvalue weighted by Crippen LogP contribution is -2.41. The summed E-state index contributed by atoms with van der Waals surface area (Å²) in [4.78, 5) is 27.3. The zero-order valence-corrected chi connectivity index (χ0v) is 12.1. The van der Waals surface area contributed by atoms with Gasteiger partial charge in [-0.05, 0) is 32.3 Å². The summed E-state index contributed by atoms with van der Waals surface area (Å²) in [6.45, 7) is 3.86. The molecular weight excluding hydrogens is 276 g/mol. The van der Waals surface area contributed by atoms with E-state index in [2.05, 4.69) is 4.98 Å². The summed E-state index contributed by atoms with van der Waals surface area (Å²) in [5.41, 5.74) is 1.01. The second-order valence-corrected chi connectivity index (χ2v) is 6.00. The van der Waals surface area contributed by atoms with Crippen molar-refractivity contribution in [2.45, 2.75) is 32.2 Å². The van der Waals surface area contributed by atoms with Gasteiger partial charge in [-0.15, -0.1) is 0 Å². The van der Waals surface area contributed by atoms with E-state index in [1.807, 2.05) is 38.1 Å². The van der Waals surface area contributed by atoms with Crippen LogP contribution in [0.1, 0.15) is 25.3 Å². The Labute approximate surface area is 121 Å². The molecule has 1 saturated carbocycles. The molecule has 0 atom stereocenters. The molecule has 1 fully saturated rings. The molecule has 5 heteroatoms. The van der Waals surface area contributed by atoms with Crippen LogP contribution >= 0.6 is 11.6 Å². The van der Waals surface area contributed by atoms with Gasteiger partial charge in [0, 0.05) is 0 Å². The van der Waals surface area contributed by atoms with Crippen LogP contribution in [0.3, 0.4) is 0 Å². The molecular formula is C15H15ClN2O2. The summed E-state index contributed by atoms with van der Waals surface area (Å²) in [5.74, 6) is 0. The molecule has 0 spiro atoms. The van der Waals surface area contributed by atoms with Crippen molar-refractivity contribution < 1.29 is 0 Å². The van der Waals surface area contributed by atoms with E-state index in [1.54, 1.807) is 0 Å². The van der Waals surface area contributed by atoms with E-state index in [4.69, 9.17) is 11.6 Å². The second kappa shape index (κ2) is 4.35. The van der Waals surface area contributed by atoms with Crippen molar-refractivity contribution in [3.8, 4) is 11.1 Å². The van der Waals surface area contributed by atoms with Gasteiger partial charge in [-0.3, -0.25) is 14.3 Å². The molecule has 0 unspecified atom stereocenters. The van der Waals surface area contributed by atoms with Crippen LogP contribution in [0, 0.1) is 6.92 Å². The van der Waals surface area contributed by atoms with Crippen molar-refractivity contribution >= 4 is 11.6 Å². The van der Waals surface area contributed by atoms with Crippen LogP contribution in [-0.2, 0) is 5.54 Å². The van der Waals surface area contributed by atoms with Crippen molar-refractivity contribution in [2.24, 2.45) is 0 Å². The lowest BCUT2D eigenvalue weighted by molar-refractivity contribution is 0.487. The van der Waals surface area contributed by atoms with Gasteiger partial charge in [-0.25, -0.2) is 4.79 Å². The van der Waals surface area contributed by atoms with Crippen LogP contribution in [0.25, 0.3) is 11.1 Å². The van der Waals surface area contributed by atoms with Crippen LogP contribution in [0.4, 0.5) is 0 Å². The molecule has 0 radical (unpaired) electrons. The number of H-pyrrole nitrogens is 1. The Bertz CT molecular complexity index is 800. The van der Waals surface area contributed by atoms with E-state index < -0.39 is 5.69 Å². The molecule has 20 heavy (non-hydrogen) atoms. The number of rotatable bonds is 2. The molecule has 4 nitrogen and oxygen atoms in total. The maximum Gasteiger partial charge on any atom is 0.330 e. The van der Waals surface area contributed by atoms with Gasteiger partial charge in [-0.2, -0.15) is 0 Å². The summed E-state index contributed by atoms with van der Waals surface area (Å²) >= 11 is 6.10. The Kier molecular flexibility index (Phi) is 2.87. The van der Waals surface area contributed by atoms with Crippen molar-refractivity contribution in [1.29, 1.82) is 0 Å². The first-order valence-electron chi connectivity index (χ1n) is 6.55. The Morgan fingerprint density at radius 2 is 2.00 bits per heavy atom. The minimum atomic E-state index is -0.434. The molecule has 0 aliphatic heterocycles. The van der Waals surface area contributed by atoms with Gasteiger partial charge in [0.25, 0.3) is 5.56 Å². The Morgan fingerprint density at radius 3 is 2.60 bits per heavy atom. The highest BCUT2D eigenvalue weighted by atomic mass is 35.5. The summed E-state index contributed by atoms with van der Waals surface area (Å²) < 4.78 is 1.30. The van der Waals surface area contributed by atoms with E-state index in [1.165, 1.54) is 4.57 Å². The summed E-state index contributed by atoms with van der Waals surface area (Å²) in [7, 11) is 0. The molecule has 1 heterocycles. The zero-order chi connectivity index (χ0) is 14.5. The van der Waals surface area contributed by atoms with Gasteiger partial charge in [0.1, 0.15) is 5.15 Å². The maximum atomic E-state index is 12.7. The zero-order valence-electron chi connectivity index (χ0n) is 11.4. The van der Waals surface area contributed by atoms with E-state index in [0.717, 1.165) is 24.0 Å². The minimum absolute atomic E-state index is 0.103. The quantitative estimate of drug-likeness (QED) is 0.865. The molecule has 104 valence electrons. The first-order chi connectivity index (χ1) is 9.42. The molecule has 1 aromatic heterocycles. The van der Waals surface area contributed by atoms with E-state index in [9.17, 15) is 9.59 Å². The summed E-state index contributed by atoms with van der Waals surface area (Å²) in [6.07, 6.45) is 1.68. The number of aromatic nitrogens is 2. The molecule has 1 aromatic carbocycles. The molecule has 3 rings (SSSR count). The van der Waals surface area contributed by atoms with E-state index >= 15 is 0 Å². The molecule has 0 saturated heterocycles. The third kappa shape index (κ3) is 2.00. The van der Waals surface area contributed by atoms with Gasteiger partial charge < -0.3 is 0 Å². The fourth-order valence-electron chi connectivity index (χ4n) is 2.46. The summed E-state index contributed by atoms with van der Waals surface area (Å²) in [5, 5.41) is 0.103. The van der Waals surface area contributed by atoms with Crippen LogP contribution in [0.2, 0.25) is 5.15 Å². The lowest BCUT2D eigenvalue weighted by atomic mass is 10.1. The van der Waals surface area contributed by atoms with Crippen LogP contribution < -0.4 is 11.2 Å². The number of halogens is 1. The van der Waals surface area contributed by atoms with Crippen molar-refractivity contribution in [2.75, 3.05) is 0 Å². The van der Waals surface area contributed by atoms with Gasteiger partial charge in [0.05, 0.1) is 11.1 Å². The van der Waals surface area contributed by atoms with Crippen LogP contribution in [0.5, 0.6) is 0 Å². The van der Waals surface area contributed by atoms with Crippen molar-refractivity contribution in [3.63, 3.8) is 0 Å². The highest BCUT2D eigenvalue weighted by Crippen LogP contribution is 2.41. The third-order valence-electron chi connectivity index (χ3n) is 3.88. The standard InChI is InChI=1S/C15H15ClN2O2/c1-9-4-3-5-10(8-9)11-12(16)17-14(20)18(13(11)19)15(2)6-7-15/h3-5,8H,6-7H2,1-2H3,(H,17,20). The third-order valence-corrected chi connectivity index (χ3v) is 4.16. The highest BCUT2D eigenvalue weighted by Gasteiger charge is 2.42. The van der Waals surface area contributed by atoms with Crippen LogP contribution in [-0.4, -0.2) is 9.55 Å². The lowest BCUT2D eigenvalue weighted by Gasteiger charge is -2.14. The van der Waals surface area contributed by atoms with Gasteiger partial charge in [0.2, 0.25) is 0 Å².